The summed E-state index contributed by atoms with van der Waals surface area (Å²) in [5.74, 6) is -5.80. The Hall–Kier alpha value is -8.13. The van der Waals surface area contributed by atoms with Crippen LogP contribution in [0.2, 0.25) is 0 Å². The van der Waals surface area contributed by atoms with Crippen LogP contribution in [0.25, 0.3) is 0 Å². The molecule has 0 bridgehead atoms. The van der Waals surface area contributed by atoms with Crippen LogP contribution < -0.4 is 14.2 Å². The Labute approximate surface area is 499 Å². The average molecular weight is 1200 g/mol. The molecule has 0 aliphatic carbocycles. The number of carbonyl (C=O) groups is 7. The van der Waals surface area contributed by atoms with Crippen LogP contribution in [0.1, 0.15) is 126 Å². The van der Waals surface area contributed by atoms with Crippen molar-refractivity contribution in [1.29, 1.82) is 0 Å². The molecule has 4 unspecified atom stereocenters. The van der Waals surface area contributed by atoms with Gasteiger partial charge in [-0.3, -0.25) is 19.2 Å². The standard InChI is InChI=1S/C64H64O23/c1-7-17-49-72-31-47-53(84-49)55(76-33(3)65)57(78-35(5)67)62(82-47)74-29-40-45(80-59(69)37-19-11-9-12-20-37)27-25-43-51(40)86-52-41(30-75-63-58(79-36(6)68)56(77-34(4)66)54-48(83-63)32-73-50(85-54)18-8-2)46(81-60(70)38-21-13-10-14-22-38)28-26-44(52)64(43)42-24-16-15-23-39(42)61(71)87-64/h9-16,19-28,47-50,53-58,62-63H,7-8,17-18,29-32H2,1-6H3/t47-,48-,49?,50?,53?,54?,55+,56+,57-,58-,62-,63-,64?/m1/s1. The van der Waals surface area contributed by atoms with E-state index in [0.29, 0.717) is 31.2 Å². The molecule has 5 aromatic carbocycles. The Bertz CT molecular complexity index is 3220. The summed E-state index contributed by atoms with van der Waals surface area (Å²) in [5, 5.41) is 0. The molecule has 0 saturated carbocycles. The van der Waals surface area contributed by atoms with Crippen molar-refractivity contribution in [3.8, 4) is 23.0 Å². The van der Waals surface area contributed by atoms with E-state index in [1.807, 2.05) is 13.8 Å². The van der Waals surface area contributed by atoms with Crippen molar-refractivity contribution in [3.63, 3.8) is 0 Å². The SMILES string of the molecule is CCCC1OC[C@H]2O[C@@H](OCc3c(OC(=O)c4ccccc4)ccc4c3Oc3c(ccc(OC(=O)c5ccccc5)c3CO[C@@H]3O[C@@H]5COC(CCC)OC5[C@H](OC(C)=O)[C@H]3OC(C)=O)C43OC(=O)c4ccccc43)[C@H](OC(C)=O)[C@@H](OC(C)=O)C2O1. The molecule has 6 aliphatic rings. The largest absolute Gasteiger partial charge is 0.455 e. The van der Waals surface area contributed by atoms with Gasteiger partial charge in [0.05, 0.1) is 54.2 Å². The number of carbonyl (C=O) groups excluding carboxylic acids is 7. The quantitative estimate of drug-likeness (QED) is 0.0457. The first-order valence-corrected chi connectivity index (χ1v) is 28.7. The molecule has 1 spiro atoms. The van der Waals surface area contributed by atoms with E-state index in [1.165, 1.54) is 39.8 Å². The lowest BCUT2D eigenvalue weighted by atomic mass is 9.76. The van der Waals surface area contributed by atoms with Crippen molar-refractivity contribution < 1.29 is 109 Å². The van der Waals surface area contributed by atoms with E-state index in [4.69, 9.17) is 75.8 Å². The van der Waals surface area contributed by atoms with Gasteiger partial charge in [0.15, 0.2) is 55.2 Å². The summed E-state index contributed by atoms with van der Waals surface area (Å²) in [7, 11) is 0. The lowest BCUT2D eigenvalue weighted by Crippen LogP contribution is -2.65. The van der Waals surface area contributed by atoms with Crippen molar-refractivity contribution in [1.82, 2.24) is 0 Å². The highest BCUT2D eigenvalue weighted by atomic mass is 16.8. The van der Waals surface area contributed by atoms with E-state index >= 15 is 0 Å². The summed E-state index contributed by atoms with van der Waals surface area (Å²) in [5.41, 5.74) is -0.667. The first-order valence-electron chi connectivity index (χ1n) is 28.7. The molecular weight excluding hydrogens is 1140 g/mol. The zero-order valence-corrected chi connectivity index (χ0v) is 48.4. The Kier molecular flexibility index (Phi) is 18.1. The first kappa shape index (κ1) is 60.6. The van der Waals surface area contributed by atoms with Gasteiger partial charge in [-0.05, 0) is 67.4 Å². The highest BCUT2D eigenvalue weighted by molar-refractivity contribution is 5.97. The summed E-state index contributed by atoms with van der Waals surface area (Å²) >= 11 is 0. The normalized spacial score (nSPS) is 27.5. The van der Waals surface area contributed by atoms with Crippen molar-refractivity contribution in [3.05, 3.63) is 154 Å². The highest BCUT2D eigenvalue weighted by Crippen LogP contribution is 2.60. The molecule has 0 amide bonds. The third-order valence-corrected chi connectivity index (χ3v) is 15.3. The maximum absolute atomic E-state index is 14.5. The summed E-state index contributed by atoms with van der Waals surface area (Å²) in [6.07, 6.45) is -11.4. The number of benzene rings is 5. The summed E-state index contributed by atoms with van der Waals surface area (Å²) in [4.78, 5) is 94.6. The number of hydrogen-bond acceptors (Lipinski definition) is 23. The van der Waals surface area contributed by atoms with Crippen LogP contribution in [0.3, 0.4) is 0 Å². The molecule has 11 rings (SSSR count). The number of esters is 7. The second-order valence-corrected chi connectivity index (χ2v) is 21.4. The van der Waals surface area contributed by atoms with Crippen LogP contribution in [0.15, 0.2) is 109 Å². The van der Waals surface area contributed by atoms with Crippen LogP contribution in [-0.2, 0) is 99.6 Å². The minimum atomic E-state index is -1.91. The van der Waals surface area contributed by atoms with E-state index in [1.54, 1.807) is 97.1 Å². The molecule has 6 heterocycles. The number of rotatable bonds is 18. The summed E-state index contributed by atoms with van der Waals surface area (Å²) in [6, 6.07) is 29.1. The molecule has 0 radical (unpaired) electrons. The third kappa shape index (κ3) is 12.4. The third-order valence-electron chi connectivity index (χ3n) is 15.3. The zero-order valence-electron chi connectivity index (χ0n) is 48.4. The van der Waals surface area contributed by atoms with Gasteiger partial charge in [0.25, 0.3) is 0 Å². The van der Waals surface area contributed by atoms with E-state index in [2.05, 4.69) is 0 Å². The van der Waals surface area contributed by atoms with E-state index < -0.39 is 135 Å². The smallest absolute Gasteiger partial charge is 0.343 e. The Morgan fingerprint density at radius 2 is 0.908 bits per heavy atom. The molecule has 6 aliphatic heterocycles. The van der Waals surface area contributed by atoms with Crippen LogP contribution in [0.4, 0.5) is 0 Å². The molecule has 87 heavy (non-hydrogen) atoms. The van der Waals surface area contributed by atoms with Crippen molar-refractivity contribution >= 4 is 41.8 Å². The Morgan fingerprint density at radius 3 is 1.33 bits per heavy atom. The van der Waals surface area contributed by atoms with Gasteiger partial charge in [-0.25, -0.2) is 14.4 Å². The summed E-state index contributed by atoms with van der Waals surface area (Å²) in [6.45, 7) is 7.35. The van der Waals surface area contributed by atoms with Crippen LogP contribution in [0.5, 0.6) is 23.0 Å². The van der Waals surface area contributed by atoms with E-state index in [0.717, 1.165) is 0 Å². The minimum absolute atomic E-state index is 0.00393. The maximum Gasteiger partial charge on any atom is 0.343 e. The fourth-order valence-electron chi connectivity index (χ4n) is 11.6. The number of ether oxygens (including phenoxy) is 16. The number of hydrogen-bond donors (Lipinski definition) is 0. The fourth-order valence-corrected chi connectivity index (χ4v) is 11.6. The van der Waals surface area contributed by atoms with Gasteiger partial charge >= 0.3 is 41.8 Å². The van der Waals surface area contributed by atoms with Gasteiger partial charge in [0, 0.05) is 44.4 Å². The fraction of sp³-hybridized carbons (Fsp3) is 0.422. The predicted molar refractivity (Wildman–Crippen MR) is 296 cm³/mol. The van der Waals surface area contributed by atoms with Crippen LogP contribution >= 0.6 is 0 Å². The van der Waals surface area contributed by atoms with Gasteiger partial charge < -0.3 is 75.8 Å². The van der Waals surface area contributed by atoms with E-state index in [-0.39, 0.29) is 75.2 Å². The monoisotopic (exact) mass is 1200 g/mol. The topological polar surface area (TPSA) is 267 Å². The molecule has 23 heteroatoms. The Balaban J connectivity index is 1.07. The average Bonchev–Trinajstić information content (AvgIpc) is 1.66. The van der Waals surface area contributed by atoms with Crippen molar-refractivity contribution in [2.75, 3.05) is 13.2 Å². The molecule has 12 atom stereocenters. The minimum Gasteiger partial charge on any atom is -0.455 e. The van der Waals surface area contributed by atoms with Crippen molar-refractivity contribution in [2.45, 2.75) is 160 Å². The van der Waals surface area contributed by atoms with E-state index in [9.17, 15) is 33.6 Å². The molecule has 5 aromatic rings. The molecule has 458 valence electrons. The predicted octanol–water partition coefficient (Wildman–Crippen LogP) is 7.99. The molecule has 23 nitrogen and oxygen atoms in total. The molecule has 4 fully saturated rings. The van der Waals surface area contributed by atoms with Crippen LogP contribution in [-0.4, -0.2) is 129 Å². The first-order chi connectivity index (χ1) is 42.0. The second kappa shape index (κ2) is 26.1. The molecule has 0 aromatic heterocycles. The second-order valence-electron chi connectivity index (χ2n) is 21.4. The molecule has 0 N–H and O–H groups in total. The lowest BCUT2D eigenvalue weighted by Gasteiger charge is -2.48. The van der Waals surface area contributed by atoms with Gasteiger partial charge in [-0.2, -0.15) is 0 Å². The van der Waals surface area contributed by atoms with Gasteiger partial charge in [0.1, 0.15) is 47.4 Å². The zero-order chi connectivity index (χ0) is 61.1. The molecule has 4 saturated heterocycles. The van der Waals surface area contributed by atoms with Crippen molar-refractivity contribution in [2.24, 2.45) is 0 Å². The number of fused-ring (bicyclic) bond motifs is 8. The Morgan fingerprint density at radius 1 is 0.494 bits per heavy atom. The lowest BCUT2D eigenvalue weighted by molar-refractivity contribution is -0.362. The maximum atomic E-state index is 14.5. The highest BCUT2D eigenvalue weighted by Gasteiger charge is 2.58. The van der Waals surface area contributed by atoms with Gasteiger partial charge in [-0.1, -0.05) is 81.3 Å². The van der Waals surface area contributed by atoms with Crippen LogP contribution in [0, 0.1) is 0 Å². The molecular formula is C64H64O23. The van der Waals surface area contributed by atoms with Gasteiger partial charge in [-0.15, -0.1) is 0 Å². The summed E-state index contributed by atoms with van der Waals surface area (Å²) < 4.78 is 101. The van der Waals surface area contributed by atoms with Gasteiger partial charge in [0.2, 0.25) is 0 Å².